The van der Waals surface area contributed by atoms with Gasteiger partial charge in [-0.3, -0.25) is 4.79 Å². The van der Waals surface area contributed by atoms with Gasteiger partial charge in [0.05, 0.1) is 9.77 Å². The quantitative estimate of drug-likeness (QED) is 0.634. The van der Waals surface area contributed by atoms with Crippen molar-refractivity contribution in [3.05, 3.63) is 39.2 Å². The van der Waals surface area contributed by atoms with Gasteiger partial charge in [-0.2, -0.15) is 4.98 Å². The summed E-state index contributed by atoms with van der Waals surface area (Å²) in [5, 5.41) is 5.76. The van der Waals surface area contributed by atoms with Crippen LogP contribution < -0.4 is 4.72 Å². The molecule has 4 rings (SSSR count). The van der Waals surface area contributed by atoms with E-state index in [1.54, 1.807) is 11.8 Å². The standard InChI is InChI=1S/C17H18N4O4S3/c1-11-14(28(23,24)18-10-12-5-4-8-26-12)9-13(27-11)15-19-16(25-20-15)17(22)21-6-2-3-7-21/h4-5,8-9,18H,2-3,6-7,10H2,1H3. The van der Waals surface area contributed by atoms with Crippen LogP contribution in [0.15, 0.2) is 33.0 Å². The minimum atomic E-state index is -3.67. The molecule has 1 saturated heterocycles. The van der Waals surface area contributed by atoms with E-state index in [-0.39, 0.29) is 29.1 Å². The predicted octanol–water partition coefficient (Wildman–Crippen LogP) is 2.88. The summed E-state index contributed by atoms with van der Waals surface area (Å²) in [4.78, 5) is 20.5. The Morgan fingerprint density at radius 1 is 1.36 bits per heavy atom. The van der Waals surface area contributed by atoms with Gasteiger partial charge < -0.3 is 9.42 Å². The van der Waals surface area contributed by atoms with Gasteiger partial charge in [0.2, 0.25) is 15.8 Å². The second-order valence-electron chi connectivity index (χ2n) is 6.36. The SMILES string of the molecule is Cc1sc(-c2noc(C(=O)N3CCCC3)n2)cc1S(=O)(=O)NCc1cccs1. The molecule has 28 heavy (non-hydrogen) atoms. The number of sulfonamides is 1. The van der Waals surface area contributed by atoms with Crippen LogP contribution in [0.3, 0.4) is 0 Å². The van der Waals surface area contributed by atoms with Gasteiger partial charge in [0, 0.05) is 29.4 Å². The Labute approximate surface area is 170 Å². The Balaban J connectivity index is 1.53. The number of hydrogen-bond donors (Lipinski definition) is 1. The third-order valence-corrected chi connectivity index (χ3v) is 7.98. The van der Waals surface area contributed by atoms with Crippen LogP contribution in [-0.2, 0) is 16.6 Å². The number of aromatic nitrogens is 2. The van der Waals surface area contributed by atoms with Gasteiger partial charge in [-0.1, -0.05) is 11.2 Å². The highest BCUT2D eigenvalue weighted by atomic mass is 32.2. The second-order valence-corrected chi connectivity index (χ2v) is 10.4. The zero-order valence-electron chi connectivity index (χ0n) is 15.0. The summed E-state index contributed by atoms with van der Waals surface area (Å²) in [5.74, 6) is -0.131. The molecule has 0 spiro atoms. The molecular weight excluding hydrogens is 420 g/mol. The van der Waals surface area contributed by atoms with Crippen molar-refractivity contribution >= 4 is 38.6 Å². The van der Waals surface area contributed by atoms with Gasteiger partial charge in [0.15, 0.2) is 0 Å². The van der Waals surface area contributed by atoms with Gasteiger partial charge in [-0.05, 0) is 37.3 Å². The van der Waals surface area contributed by atoms with Crippen molar-refractivity contribution in [2.75, 3.05) is 13.1 Å². The predicted molar refractivity (Wildman–Crippen MR) is 106 cm³/mol. The molecule has 0 saturated carbocycles. The fourth-order valence-electron chi connectivity index (χ4n) is 2.97. The monoisotopic (exact) mass is 438 g/mol. The summed E-state index contributed by atoms with van der Waals surface area (Å²) in [7, 11) is -3.67. The first-order valence-corrected chi connectivity index (χ1v) is 11.9. The average Bonchev–Trinajstić information content (AvgIpc) is 3.47. The molecule has 1 aliphatic heterocycles. The first-order valence-electron chi connectivity index (χ1n) is 8.70. The molecule has 148 valence electrons. The summed E-state index contributed by atoms with van der Waals surface area (Å²) < 4.78 is 33.0. The highest BCUT2D eigenvalue weighted by Crippen LogP contribution is 2.32. The minimum Gasteiger partial charge on any atom is -0.334 e. The molecule has 1 aliphatic rings. The van der Waals surface area contributed by atoms with Crippen molar-refractivity contribution < 1.29 is 17.7 Å². The molecule has 11 heteroatoms. The Hall–Kier alpha value is -2.08. The number of amides is 1. The van der Waals surface area contributed by atoms with Crippen LogP contribution >= 0.6 is 22.7 Å². The van der Waals surface area contributed by atoms with Crippen molar-refractivity contribution in [2.45, 2.75) is 31.2 Å². The molecule has 0 aromatic carbocycles. The summed E-state index contributed by atoms with van der Waals surface area (Å²) in [6.07, 6.45) is 1.94. The van der Waals surface area contributed by atoms with Crippen molar-refractivity contribution in [1.29, 1.82) is 0 Å². The van der Waals surface area contributed by atoms with Crippen LogP contribution in [0.25, 0.3) is 10.7 Å². The maximum Gasteiger partial charge on any atom is 0.316 e. The number of carbonyl (C=O) groups is 1. The molecule has 0 atom stereocenters. The van der Waals surface area contributed by atoms with Gasteiger partial charge in [0.25, 0.3) is 0 Å². The number of hydrogen-bond acceptors (Lipinski definition) is 8. The molecule has 1 amide bonds. The third-order valence-electron chi connectivity index (χ3n) is 4.40. The number of nitrogens with zero attached hydrogens (tertiary/aromatic N) is 3. The van der Waals surface area contributed by atoms with Crippen molar-refractivity contribution in [3.63, 3.8) is 0 Å². The first kappa shape index (κ1) is 19.2. The molecule has 0 radical (unpaired) electrons. The van der Waals surface area contributed by atoms with Crippen LogP contribution in [-0.4, -0.2) is 42.5 Å². The normalized spacial score (nSPS) is 14.7. The zero-order valence-corrected chi connectivity index (χ0v) is 17.5. The Kier molecular flexibility index (Phi) is 5.32. The largest absolute Gasteiger partial charge is 0.334 e. The van der Waals surface area contributed by atoms with Crippen molar-refractivity contribution in [1.82, 2.24) is 19.8 Å². The summed E-state index contributed by atoms with van der Waals surface area (Å²) in [6.45, 7) is 3.34. The van der Waals surface area contributed by atoms with E-state index >= 15 is 0 Å². The number of thiophene rings is 2. The van der Waals surface area contributed by atoms with Crippen molar-refractivity contribution in [3.8, 4) is 10.7 Å². The fourth-order valence-corrected chi connectivity index (χ4v) is 6.22. The molecule has 0 aliphatic carbocycles. The lowest BCUT2D eigenvalue weighted by Crippen LogP contribution is -2.27. The molecule has 0 unspecified atom stereocenters. The molecular formula is C17H18N4O4S3. The molecule has 4 heterocycles. The molecule has 1 fully saturated rings. The Morgan fingerprint density at radius 2 is 2.14 bits per heavy atom. The van der Waals surface area contributed by atoms with Crippen LogP contribution in [0.1, 0.15) is 33.3 Å². The first-order chi connectivity index (χ1) is 13.4. The smallest absolute Gasteiger partial charge is 0.316 e. The van der Waals surface area contributed by atoms with Crippen LogP contribution in [0.2, 0.25) is 0 Å². The maximum atomic E-state index is 12.7. The van der Waals surface area contributed by atoms with Gasteiger partial charge in [-0.25, -0.2) is 13.1 Å². The Bertz CT molecular complexity index is 1080. The number of aryl methyl sites for hydroxylation is 1. The van der Waals surface area contributed by atoms with E-state index in [0.717, 1.165) is 17.7 Å². The topological polar surface area (TPSA) is 105 Å². The lowest BCUT2D eigenvalue weighted by molar-refractivity contribution is 0.0743. The van der Waals surface area contributed by atoms with E-state index < -0.39 is 10.0 Å². The van der Waals surface area contributed by atoms with E-state index in [1.807, 2.05) is 17.5 Å². The number of likely N-dealkylation sites (tertiary alicyclic amines) is 1. The lowest BCUT2D eigenvalue weighted by atomic mass is 10.4. The minimum absolute atomic E-state index is 0.0665. The highest BCUT2D eigenvalue weighted by Gasteiger charge is 2.27. The number of rotatable bonds is 6. The van der Waals surface area contributed by atoms with Crippen molar-refractivity contribution in [2.24, 2.45) is 0 Å². The van der Waals surface area contributed by atoms with Crippen LogP contribution in [0.4, 0.5) is 0 Å². The Morgan fingerprint density at radius 3 is 2.86 bits per heavy atom. The number of nitrogens with one attached hydrogen (secondary N) is 1. The molecule has 8 nitrogen and oxygen atoms in total. The molecule has 0 bridgehead atoms. The molecule has 1 N–H and O–H groups in total. The summed E-state index contributed by atoms with van der Waals surface area (Å²) >= 11 is 2.74. The van der Waals surface area contributed by atoms with Gasteiger partial charge in [-0.15, -0.1) is 22.7 Å². The van der Waals surface area contributed by atoms with Gasteiger partial charge in [0.1, 0.15) is 0 Å². The van der Waals surface area contributed by atoms with E-state index in [2.05, 4.69) is 14.9 Å². The average molecular weight is 439 g/mol. The molecule has 3 aromatic rings. The van der Waals surface area contributed by atoms with E-state index in [0.29, 0.717) is 22.8 Å². The highest BCUT2D eigenvalue weighted by molar-refractivity contribution is 7.89. The van der Waals surface area contributed by atoms with Gasteiger partial charge >= 0.3 is 11.8 Å². The fraction of sp³-hybridized carbons (Fsp3) is 0.353. The summed E-state index contributed by atoms with van der Waals surface area (Å²) in [5.41, 5.74) is 0. The summed E-state index contributed by atoms with van der Waals surface area (Å²) in [6, 6.07) is 5.27. The van der Waals surface area contributed by atoms with Crippen LogP contribution in [0, 0.1) is 6.92 Å². The lowest BCUT2D eigenvalue weighted by Gasteiger charge is -2.10. The molecule has 3 aromatic heterocycles. The third kappa shape index (κ3) is 3.88. The van der Waals surface area contributed by atoms with E-state index in [1.165, 1.54) is 28.7 Å². The van der Waals surface area contributed by atoms with E-state index in [4.69, 9.17) is 4.52 Å². The maximum absolute atomic E-state index is 12.7. The second kappa shape index (κ2) is 7.74. The number of carbonyl (C=O) groups excluding carboxylic acids is 1. The zero-order chi connectivity index (χ0) is 19.7. The van der Waals surface area contributed by atoms with Crippen LogP contribution in [0.5, 0.6) is 0 Å². The van der Waals surface area contributed by atoms with E-state index in [9.17, 15) is 13.2 Å².